The quantitative estimate of drug-likeness (QED) is 0.745. The number of hydrogen-bond donors (Lipinski definition) is 2. The largest absolute Gasteiger partial charge is 0.467 e. The summed E-state index contributed by atoms with van der Waals surface area (Å²) in [6.45, 7) is 2.98. The first-order valence-corrected chi connectivity index (χ1v) is 5.58. The van der Waals surface area contributed by atoms with Gasteiger partial charge in [0.25, 0.3) is 0 Å². The van der Waals surface area contributed by atoms with Crippen LogP contribution in [0, 0.1) is 5.92 Å². The van der Waals surface area contributed by atoms with Crippen molar-refractivity contribution in [3.63, 3.8) is 0 Å². The zero-order chi connectivity index (χ0) is 12.4. The molecule has 94 valence electrons. The van der Waals surface area contributed by atoms with E-state index in [0.717, 1.165) is 13.0 Å². The van der Waals surface area contributed by atoms with Gasteiger partial charge in [-0.3, -0.25) is 0 Å². The Balaban J connectivity index is 2.30. The highest BCUT2D eigenvalue weighted by Crippen LogP contribution is 2.27. The number of aromatic nitrogens is 3. The van der Waals surface area contributed by atoms with Gasteiger partial charge in [0.05, 0.1) is 19.8 Å². The molecule has 0 aliphatic carbocycles. The molecule has 0 spiro atoms. The van der Waals surface area contributed by atoms with Crippen LogP contribution in [0.15, 0.2) is 0 Å². The first-order valence-electron chi connectivity index (χ1n) is 5.58. The van der Waals surface area contributed by atoms with Gasteiger partial charge >= 0.3 is 6.01 Å². The summed E-state index contributed by atoms with van der Waals surface area (Å²) in [7, 11) is 1.48. The molecule has 2 rings (SSSR count). The molecule has 0 aromatic carbocycles. The second-order valence-corrected chi connectivity index (χ2v) is 4.19. The summed E-state index contributed by atoms with van der Waals surface area (Å²) >= 11 is 0. The number of methoxy groups -OCH3 is 1. The Bertz CT molecular complexity index is 400. The maximum absolute atomic E-state index is 9.39. The molecule has 0 amide bonds. The van der Waals surface area contributed by atoms with Crippen molar-refractivity contribution in [1.82, 2.24) is 15.0 Å². The standard InChI is InChI=1S/C10H17N5O2/c1-6-3-4-15(7(6)5-16)9-12-8(11)13-10(14-9)17-2/h6-7,16H,3-5H2,1-2H3,(H2,11,12,13,14). The summed E-state index contributed by atoms with van der Waals surface area (Å²) in [4.78, 5) is 14.0. The summed E-state index contributed by atoms with van der Waals surface area (Å²) in [5.74, 6) is 1.00. The summed E-state index contributed by atoms with van der Waals surface area (Å²) < 4.78 is 4.96. The van der Waals surface area contributed by atoms with Crippen LogP contribution >= 0.6 is 0 Å². The molecule has 1 saturated heterocycles. The van der Waals surface area contributed by atoms with E-state index in [1.807, 2.05) is 4.90 Å². The monoisotopic (exact) mass is 239 g/mol. The topological polar surface area (TPSA) is 97.4 Å². The van der Waals surface area contributed by atoms with Gasteiger partial charge in [0.1, 0.15) is 0 Å². The number of rotatable bonds is 3. The average molecular weight is 239 g/mol. The molecule has 17 heavy (non-hydrogen) atoms. The highest BCUT2D eigenvalue weighted by molar-refractivity contribution is 5.38. The van der Waals surface area contributed by atoms with E-state index in [1.54, 1.807) is 0 Å². The smallest absolute Gasteiger partial charge is 0.322 e. The van der Waals surface area contributed by atoms with Crippen molar-refractivity contribution < 1.29 is 9.84 Å². The van der Waals surface area contributed by atoms with E-state index >= 15 is 0 Å². The lowest BCUT2D eigenvalue weighted by Crippen LogP contribution is -2.36. The number of hydrogen-bond acceptors (Lipinski definition) is 7. The van der Waals surface area contributed by atoms with Crippen molar-refractivity contribution in [3.05, 3.63) is 0 Å². The molecule has 0 bridgehead atoms. The highest BCUT2D eigenvalue weighted by atomic mass is 16.5. The molecule has 0 radical (unpaired) electrons. The van der Waals surface area contributed by atoms with Crippen LogP contribution in [-0.2, 0) is 0 Å². The number of aliphatic hydroxyl groups excluding tert-OH is 1. The van der Waals surface area contributed by atoms with E-state index in [-0.39, 0.29) is 24.6 Å². The molecule has 0 saturated carbocycles. The Labute approximate surface area is 99.6 Å². The van der Waals surface area contributed by atoms with E-state index in [0.29, 0.717) is 11.9 Å². The minimum absolute atomic E-state index is 0.0292. The Kier molecular flexibility index (Phi) is 3.28. The van der Waals surface area contributed by atoms with Gasteiger partial charge < -0.3 is 20.5 Å². The Morgan fingerprint density at radius 1 is 1.47 bits per heavy atom. The van der Waals surface area contributed by atoms with E-state index in [9.17, 15) is 5.11 Å². The van der Waals surface area contributed by atoms with Crippen LogP contribution < -0.4 is 15.4 Å². The van der Waals surface area contributed by atoms with E-state index < -0.39 is 0 Å². The van der Waals surface area contributed by atoms with Crippen LogP contribution in [-0.4, -0.2) is 46.4 Å². The van der Waals surface area contributed by atoms with E-state index in [4.69, 9.17) is 10.5 Å². The normalized spacial score (nSPS) is 24.1. The van der Waals surface area contributed by atoms with Gasteiger partial charge in [-0.1, -0.05) is 6.92 Å². The number of ether oxygens (including phenoxy) is 1. The van der Waals surface area contributed by atoms with Crippen LogP contribution in [0.25, 0.3) is 0 Å². The predicted molar refractivity (Wildman–Crippen MR) is 62.8 cm³/mol. The average Bonchev–Trinajstić information content (AvgIpc) is 2.69. The van der Waals surface area contributed by atoms with Crippen molar-refractivity contribution in [3.8, 4) is 6.01 Å². The van der Waals surface area contributed by atoms with Gasteiger partial charge in [-0.2, -0.15) is 15.0 Å². The molecule has 2 atom stereocenters. The fourth-order valence-electron chi connectivity index (χ4n) is 2.12. The predicted octanol–water partition coefficient (Wildman–Crippen LogP) is -0.331. The second kappa shape index (κ2) is 4.70. The van der Waals surface area contributed by atoms with Gasteiger partial charge in [0.2, 0.25) is 11.9 Å². The Morgan fingerprint density at radius 2 is 2.24 bits per heavy atom. The first kappa shape index (κ1) is 11.8. The van der Waals surface area contributed by atoms with Gasteiger partial charge in [0, 0.05) is 6.54 Å². The fraction of sp³-hybridized carbons (Fsp3) is 0.700. The molecule has 3 N–H and O–H groups in total. The number of anilines is 2. The number of nitrogen functional groups attached to an aromatic ring is 1. The van der Waals surface area contributed by atoms with Crippen molar-refractivity contribution >= 4 is 11.9 Å². The summed E-state index contributed by atoms with van der Waals surface area (Å²) in [5.41, 5.74) is 5.59. The molecule has 1 fully saturated rings. The number of nitrogens with two attached hydrogens (primary N) is 1. The lowest BCUT2D eigenvalue weighted by molar-refractivity contribution is 0.243. The zero-order valence-electron chi connectivity index (χ0n) is 10.00. The minimum atomic E-state index is 0.0292. The summed E-state index contributed by atoms with van der Waals surface area (Å²) in [5, 5.41) is 9.39. The lowest BCUT2D eigenvalue weighted by Gasteiger charge is -2.25. The van der Waals surface area contributed by atoms with E-state index in [2.05, 4.69) is 21.9 Å². The summed E-state index contributed by atoms with van der Waals surface area (Å²) in [6, 6.07) is 0.227. The van der Waals surface area contributed by atoms with Gasteiger partial charge in [0.15, 0.2) is 0 Å². The SMILES string of the molecule is COc1nc(N)nc(N2CCC(C)C2CO)n1. The molecule has 7 heteroatoms. The highest BCUT2D eigenvalue weighted by Gasteiger charge is 2.32. The van der Waals surface area contributed by atoms with Crippen LogP contribution in [0.1, 0.15) is 13.3 Å². The molecule has 1 aromatic heterocycles. The molecule has 2 unspecified atom stereocenters. The molecule has 2 heterocycles. The third kappa shape index (κ3) is 2.23. The van der Waals surface area contributed by atoms with Gasteiger partial charge in [-0.05, 0) is 12.3 Å². The number of nitrogens with zero attached hydrogens (tertiary/aromatic N) is 4. The van der Waals surface area contributed by atoms with Gasteiger partial charge in [-0.15, -0.1) is 0 Å². The fourth-order valence-corrected chi connectivity index (χ4v) is 2.12. The minimum Gasteiger partial charge on any atom is -0.467 e. The van der Waals surface area contributed by atoms with Crippen LogP contribution in [0.2, 0.25) is 0 Å². The Hall–Kier alpha value is -1.63. The van der Waals surface area contributed by atoms with Crippen molar-refractivity contribution in [1.29, 1.82) is 0 Å². The maximum Gasteiger partial charge on any atom is 0.322 e. The second-order valence-electron chi connectivity index (χ2n) is 4.19. The van der Waals surface area contributed by atoms with Crippen molar-refractivity contribution in [2.75, 3.05) is 30.9 Å². The molecule has 1 aromatic rings. The molecular weight excluding hydrogens is 222 g/mol. The van der Waals surface area contributed by atoms with Crippen LogP contribution in [0.5, 0.6) is 6.01 Å². The molecule has 1 aliphatic rings. The van der Waals surface area contributed by atoms with Crippen LogP contribution in [0.4, 0.5) is 11.9 Å². The molecule has 7 nitrogen and oxygen atoms in total. The zero-order valence-corrected chi connectivity index (χ0v) is 10.00. The third-order valence-electron chi connectivity index (χ3n) is 3.13. The Morgan fingerprint density at radius 3 is 2.88 bits per heavy atom. The first-order chi connectivity index (χ1) is 8.15. The molecular formula is C10H17N5O2. The van der Waals surface area contributed by atoms with Crippen molar-refractivity contribution in [2.24, 2.45) is 5.92 Å². The lowest BCUT2D eigenvalue weighted by atomic mass is 10.0. The van der Waals surface area contributed by atoms with E-state index in [1.165, 1.54) is 7.11 Å². The maximum atomic E-state index is 9.39. The molecule has 1 aliphatic heterocycles. The third-order valence-corrected chi connectivity index (χ3v) is 3.13. The van der Waals surface area contributed by atoms with Crippen LogP contribution in [0.3, 0.4) is 0 Å². The van der Waals surface area contributed by atoms with Gasteiger partial charge in [-0.25, -0.2) is 0 Å². The number of aliphatic hydroxyl groups is 1. The summed E-state index contributed by atoms with van der Waals surface area (Å²) in [6.07, 6.45) is 0.999. The van der Waals surface area contributed by atoms with Crippen molar-refractivity contribution in [2.45, 2.75) is 19.4 Å².